The lowest BCUT2D eigenvalue weighted by Gasteiger charge is -2.38. The molecule has 12 heteroatoms. The van der Waals surface area contributed by atoms with Gasteiger partial charge in [-0.3, -0.25) is 10.3 Å². The molecule has 2 aliphatic heterocycles. The first-order chi connectivity index (χ1) is 18.7. The van der Waals surface area contributed by atoms with Gasteiger partial charge in [-0.2, -0.15) is 23.5 Å². The summed E-state index contributed by atoms with van der Waals surface area (Å²) >= 11 is 4.80. The first-order valence-corrected chi connectivity index (χ1v) is 13.2. The Morgan fingerprint density at radius 3 is 2.41 bits per heavy atom. The Bertz CT molecular complexity index is 1230. The van der Waals surface area contributed by atoms with Crippen LogP contribution in [0.15, 0.2) is 41.5 Å². The van der Waals surface area contributed by atoms with Crippen molar-refractivity contribution in [3.8, 4) is 6.07 Å². The minimum Gasteiger partial charge on any atom is -0.375 e. The number of hydrogen-bond donors (Lipinski definition) is 2. The van der Waals surface area contributed by atoms with Crippen molar-refractivity contribution in [2.75, 3.05) is 55.6 Å². The van der Waals surface area contributed by atoms with Gasteiger partial charge in [0.25, 0.3) is 0 Å². The molecule has 2 fully saturated rings. The molecule has 0 spiro atoms. The predicted octanol–water partition coefficient (Wildman–Crippen LogP) is 4.43. The Kier molecular flexibility index (Phi) is 9.24. The maximum absolute atomic E-state index is 15.4. The molecule has 0 radical (unpaired) electrons. The van der Waals surface area contributed by atoms with E-state index in [1.165, 1.54) is 24.4 Å². The van der Waals surface area contributed by atoms with Crippen LogP contribution in [0, 0.1) is 17.1 Å². The van der Waals surface area contributed by atoms with Crippen LogP contribution in [0.2, 0.25) is 0 Å². The van der Waals surface area contributed by atoms with E-state index in [-0.39, 0.29) is 11.0 Å². The third kappa shape index (κ3) is 7.36. The first kappa shape index (κ1) is 28.6. The van der Waals surface area contributed by atoms with Crippen molar-refractivity contribution in [1.82, 2.24) is 10.3 Å². The van der Waals surface area contributed by atoms with E-state index in [1.54, 1.807) is 6.07 Å². The minimum absolute atomic E-state index is 0.000333. The highest BCUT2D eigenvalue weighted by molar-refractivity contribution is 7.80. The highest BCUT2D eigenvalue weighted by Gasteiger charge is 2.32. The van der Waals surface area contributed by atoms with Crippen molar-refractivity contribution in [2.24, 2.45) is 10.8 Å². The fraction of sp³-hybridized carbons (Fsp3) is 0.444. The lowest BCUT2D eigenvalue weighted by molar-refractivity contribution is -0.137. The van der Waals surface area contributed by atoms with Crippen LogP contribution >= 0.6 is 12.2 Å². The van der Waals surface area contributed by atoms with Crippen molar-refractivity contribution < 1.29 is 17.6 Å². The van der Waals surface area contributed by atoms with Gasteiger partial charge in [-0.05, 0) is 54.7 Å². The highest BCUT2D eigenvalue weighted by Crippen LogP contribution is 2.37. The Morgan fingerprint density at radius 2 is 1.77 bits per heavy atom. The highest BCUT2D eigenvalue weighted by atomic mass is 32.1. The van der Waals surface area contributed by atoms with Crippen LogP contribution in [0.25, 0.3) is 0 Å². The Morgan fingerprint density at radius 1 is 1.08 bits per heavy atom. The number of anilines is 2. The molecule has 2 heterocycles. The molecule has 0 unspecified atom stereocenters. The molecule has 0 aromatic heterocycles. The minimum atomic E-state index is -4.38. The molecular formula is C27H31F4N7S. The third-order valence-electron chi connectivity index (χ3n) is 7.25. The standard InChI is InChI=1S/C27H31F4N7S/c28-23-16-21(18-34-35-26(33)39)24(38-13-11-36(12-14-38)8-2-7-32)17-25(23)37-9-5-19(6-10-37)20-3-1-4-22(15-20)27(29,30)31/h1,3-4,15-19H,2,5-6,8-14H2,(H3,33,35,39). The monoisotopic (exact) mass is 561 g/mol. The number of piperazine rings is 1. The molecule has 2 aromatic carbocycles. The summed E-state index contributed by atoms with van der Waals surface area (Å²) in [4.78, 5) is 6.36. The van der Waals surface area contributed by atoms with Gasteiger partial charge in [0.15, 0.2) is 5.11 Å². The van der Waals surface area contributed by atoms with Crippen molar-refractivity contribution in [3.05, 3.63) is 58.9 Å². The molecule has 0 amide bonds. The van der Waals surface area contributed by atoms with E-state index in [1.807, 2.05) is 11.0 Å². The predicted molar refractivity (Wildman–Crippen MR) is 148 cm³/mol. The maximum Gasteiger partial charge on any atom is 0.416 e. The van der Waals surface area contributed by atoms with Gasteiger partial charge in [-0.25, -0.2) is 4.39 Å². The molecule has 7 nitrogen and oxygen atoms in total. The summed E-state index contributed by atoms with van der Waals surface area (Å²) in [6.07, 6.45) is -1.18. The number of nitrogens with two attached hydrogens (primary N) is 1. The number of piperidine rings is 1. The SMILES string of the molecule is N#CCCN1CCN(c2cc(N3CCC(c4cccc(C(F)(F)F)c4)CC3)c(F)cc2C=NNC(N)=S)CC1. The number of rotatable bonds is 7. The Labute approximate surface area is 230 Å². The molecule has 4 rings (SSSR count). The molecule has 2 aromatic rings. The molecule has 0 atom stereocenters. The summed E-state index contributed by atoms with van der Waals surface area (Å²) in [6, 6.07) is 10.9. The summed E-state index contributed by atoms with van der Waals surface area (Å²) in [5, 5.41) is 12.9. The molecule has 39 heavy (non-hydrogen) atoms. The molecule has 2 saturated heterocycles. The van der Waals surface area contributed by atoms with Crippen LogP contribution in [0.5, 0.6) is 0 Å². The van der Waals surface area contributed by atoms with E-state index < -0.39 is 17.6 Å². The van der Waals surface area contributed by atoms with Crippen LogP contribution in [-0.4, -0.2) is 62.0 Å². The lowest BCUT2D eigenvalue weighted by atomic mass is 9.88. The van der Waals surface area contributed by atoms with Gasteiger partial charge in [0.1, 0.15) is 5.82 Å². The molecule has 0 saturated carbocycles. The first-order valence-electron chi connectivity index (χ1n) is 12.8. The second-order valence-corrected chi connectivity index (χ2v) is 10.2. The van der Waals surface area contributed by atoms with Crippen molar-refractivity contribution >= 4 is 34.9 Å². The summed E-state index contributed by atoms with van der Waals surface area (Å²) in [6.45, 7) is 4.73. The molecular weight excluding hydrogens is 530 g/mol. The second-order valence-electron chi connectivity index (χ2n) is 9.72. The summed E-state index contributed by atoms with van der Waals surface area (Å²) < 4.78 is 55.0. The lowest BCUT2D eigenvalue weighted by Crippen LogP contribution is -2.47. The number of nitrogens with zero attached hydrogens (tertiary/aromatic N) is 5. The van der Waals surface area contributed by atoms with E-state index in [4.69, 9.17) is 23.2 Å². The Hall–Kier alpha value is -3.43. The number of nitrogens with one attached hydrogen (secondary N) is 1. The number of hydrogen-bond acceptors (Lipinski definition) is 6. The maximum atomic E-state index is 15.4. The van der Waals surface area contributed by atoms with Crippen LogP contribution in [-0.2, 0) is 6.18 Å². The van der Waals surface area contributed by atoms with Gasteiger partial charge in [0.2, 0.25) is 0 Å². The number of hydrazone groups is 1. The normalized spacial score (nSPS) is 17.4. The van der Waals surface area contributed by atoms with Gasteiger partial charge in [-0.15, -0.1) is 0 Å². The zero-order valence-corrected chi connectivity index (χ0v) is 22.2. The average Bonchev–Trinajstić information content (AvgIpc) is 2.92. The third-order valence-corrected chi connectivity index (χ3v) is 7.34. The largest absolute Gasteiger partial charge is 0.416 e. The van der Waals surface area contributed by atoms with Crippen LogP contribution in [0.4, 0.5) is 28.9 Å². The van der Waals surface area contributed by atoms with Crippen molar-refractivity contribution in [1.29, 1.82) is 5.26 Å². The van der Waals surface area contributed by atoms with E-state index in [9.17, 15) is 13.2 Å². The number of thiocarbonyl (C=S) groups is 1. The molecule has 0 bridgehead atoms. The van der Waals surface area contributed by atoms with E-state index >= 15 is 4.39 Å². The zero-order valence-electron chi connectivity index (χ0n) is 21.4. The van der Waals surface area contributed by atoms with Gasteiger partial charge in [0.05, 0.1) is 23.5 Å². The molecule has 208 valence electrons. The van der Waals surface area contributed by atoms with Gasteiger partial charge in [0, 0.05) is 63.5 Å². The molecule has 2 aliphatic rings. The van der Waals surface area contributed by atoms with Crippen molar-refractivity contribution in [2.45, 2.75) is 31.4 Å². The number of nitriles is 1. The molecule has 0 aliphatic carbocycles. The summed E-state index contributed by atoms with van der Waals surface area (Å²) in [5.74, 6) is -0.425. The van der Waals surface area contributed by atoms with Gasteiger partial charge >= 0.3 is 6.18 Å². The van der Waals surface area contributed by atoms with Crippen molar-refractivity contribution in [3.63, 3.8) is 0 Å². The van der Waals surface area contributed by atoms with Crippen LogP contribution in [0.3, 0.4) is 0 Å². The van der Waals surface area contributed by atoms with Gasteiger partial charge < -0.3 is 15.5 Å². The Balaban J connectivity index is 1.52. The topological polar surface area (TPSA) is 83.9 Å². The summed E-state index contributed by atoms with van der Waals surface area (Å²) in [7, 11) is 0. The quantitative estimate of drug-likeness (QED) is 0.224. The average molecular weight is 562 g/mol. The van der Waals surface area contributed by atoms with E-state index in [2.05, 4.69) is 26.4 Å². The van der Waals surface area contributed by atoms with E-state index in [0.717, 1.165) is 24.8 Å². The number of benzene rings is 2. The van der Waals surface area contributed by atoms with Crippen LogP contribution in [0.1, 0.15) is 41.9 Å². The number of alkyl halides is 3. The fourth-order valence-electron chi connectivity index (χ4n) is 5.19. The van der Waals surface area contributed by atoms with Crippen LogP contribution < -0.4 is 21.0 Å². The molecule has 3 N–H and O–H groups in total. The van der Waals surface area contributed by atoms with E-state index in [0.29, 0.717) is 68.8 Å². The van der Waals surface area contributed by atoms with Gasteiger partial charge in [-0.1, -0.05) is 18.2 Å². The second kappa shape index (κ2) is 12.6. The smallest absolute Gasteiger partial charge is 0.375 e. The summed E-state index contributed by atoms with van der Waals surface area (Å²) in [5.41, 5.74) is 9.83. The fourth-order valence-corrected chi connectivity index (χ4v) is 5.25. The zero-order chi connectivity index (χ0) is 28.0. The number of halogens is 4.